The maximum atomic E-state index is 13.4. The topological polar surface area (TPSA) is 0 Å². The second-order valence-electron chi connectivity index (χ2n) is 3.54. The zero-order valence-electron chi connectivity index (χ0n) is 8.74. The van der Waals surface area contributed by atoms with Crippen molar-refractivity contribution in [3.05, 3.63) is 34.9 Å². The standard InChI is InChI=1S/C12H16F2/c1-3-5-9-7-12(14)10(6-4-2)8-11(9)13/h7-8H,3-6H2,1-2H3. The largest absolute Gasteiger partial charge is 0.207 e. The van der Waals surface area contributed by atoms with Crippen LogP contribution in [-0.4, -0.2) is 0 Å². The summed E-state index contributed by atoms with van der Waals surface area (Å²) in [6, 6.07) is 2.67. The molecule has 1 aromatic carbocycles. The van der Waals surface area contributed by atoms with Gasteiger partial charge in [-0.25, -0.2) is 8.78 Å². The van der Waals surface area contributed by atoms with Gasteiger partial charge in [-0.05, 0) is 36.1 Å². The predicted octanol–water partition coefficient (Wildman–Crippen LogP) is 3.87. The zero-order chi connectivity index (χ0) is 10.6. The molecule has 0 heterocycles. The normalized spacial score (nSPS) is 10.6. The summed E-state index contributed by atoms with van der Waals surface area (Å²) in [4.78, 5) is 0. The van der Waals surface area contributed by atoms with Crippen LogP contribution in [0, 0.1) is 11.6 Å². The van der Waals surface area contributed by atoms with Crippen LogP contribution in [0.15, 0.2) is 12.1 Å². The fourth-order valence-corrected chi connectivity index (χ4v) is 1.55. The van der Waals surface area contributed by atoms with Crippen LogP contribution in [0.4, 0.5) is 8.78 Å². The molecule has 14 heavy (non-hydrogen) atoms. The molecule has 0 bridgehead atoms. The van der Waals surface area contributed by atoms with Crippen molar-refractivity contribution in [1.82, 2.24) is 0 Å². The van der Waals surface area contributed by atoms with Gasteiger partial charge in [0.15, 0.2) is 0 Å². The summed E-state index contributed by atoms with van der Waals surface area (Å²) < 4.78 is 26.7. The fourth-order valence-electron chi connectivity index (χ4n) is 1.55. The van der Waals surface area contributed by atoms with E-state index >= 15 is 0 Å². The van der Waals surface area contributed by atoms with Crippen LogP contribution in [-0.2, 0) is 12.8 Å². The van der Waals surface area contributed by atoms with Gasteiger partial charge >= 0.3 is 0 Å². The highest BCUT2D eigenvalue weighted by molar-refractivity contribution is 5.26. The number of benzene rings is 1. The van der Waals surface area contributed by atoms with Gasteiger partial charge in [-0.1, -0.05) is 26.7 Å². The number of hydrogen-bond donors (Lipinski definition) is 0. The van der Waals surface area contributed by atoms with Gasteiger partial charge in [-0.15, -0.1) is 0 Å². The highest BCUT2D eigenvalue weighted by atomic mass is 19.1. The summed E-state index contributed by atoms with van der Waals surface area (Å²) in [5, 5.41) is 0. The van der Waals surface area contributed by atoms with Crippen molar-refractivity contribution >= 4 is 0 Å². The van der Waals surface area contributed by atoms with Crippen LogP contribution < -0.4 is 0 Å². The van der Waals surface area contributed by atoms with Crippen molar-refractivity contribution in [2.24, 2.45) is 0 Å². The van der Waals surface area contributed by atoms with Gasteiger partial charge in [0.25, 0.3) is 0 Å². The van der Waals surface area contributed by atoms with Crippen LogP contribution in [0.1, 0.15) is 37.8 Å². The summed E-state index contributed by atoms with van der Waals surface area (Å²) in [7, 11) is 0. The lowest BCUT2D eigenvalue weighted by Crippen LogP contribution is -1.97. The number of aryl methyl sites for hydroxylation is 2. The third kappa shape index (κ3) is 2.53. The monoisotopic (exact) mass is 198 g/mol. The third-order valence-electron chi connectivity index (χ3n) is 2.25. The van der Waals surface area contributed by atoms with E-state index in [1.165, 1.54) is 12.1 Å². The number of rotatable bonds is 4. The minimum Gasteiger partial charge on any atom is -0.207 e. The van der Waals surface area contributed by atoms with Gasteiger partial charge < -0.3 is 0 Å². The Kier molecular flexibility index (Phi) is 4.05. The van der Waals surface area contributed by atoms with Crippen molar-refractivity contribution in [2.75, 3.05) is 0 Å². The lowest BCUT2D eigenvalue weighted by atomic mass is 10.0. The molecular weight excluding hydrogens is 182 g/mol. The van der Waals surface area contributed by atoms with E-state index in [1.807, 2.05) is 13.8 Å². The van der Waals surface area contributed by atoms with Crippen molar-refractivity contribution in [3.63, 3.8) is 0 Å². The Morgan fingerprint density at radius 2 is 1.21 bits per heavy atom. The first-order valence-electron chi connectivity index (χ1n) is 5.15. The van der Waals surface area contributed by atoms with E-state index in [0.717, 1.165) is 12.8 Å². The molecule has 0 aliphatic carbocycles. The maximum absolute atomic E-state index is 13.4. The smallest absolute Gasteiger partial charge is 0.126 e. The van der Waals surface area contributed by atoms with E-state index in [-0.39, 0.29) is 11.6 Å². The summed E-state index contributed by atoms with van der Waals surface area (Å²) in [6.45, 7) is 3.91. The van der Waals surface area contributed by atoms with E-state index in [2.05, 4.69) is 0 Å². The van der Waals surface area contributed by atoms with Crippen LogP contribution in [0.5, 0.6) is 0 Å². The number of hydrogen-bond acceptors (Lipinski definition) is 0. The molecular formula is C12H16F2. The first-order valence-corrected chi connectivity index (χ1v) is 5.15. The van der Waals surface area contributed by atoms with Crippen LogP contribution in [0.3, 0.4) is 0 Å². The Bertz CT molecular complexity index is 274. The SMILES string of the molecule is CCCc1cc(F)c(CCC)cc1F. The van der Waals surface area contributed by atoms with Crippen LogP contribution in [0.2, 0.25) is 0 Å². The fraction of sp³-hybridized carbons (Fsp3) is 0.500. The van der Waals surface area contributed by atoms with Gasteiger partial charge in [0.1, 0.15) is 11.6 Å². The first kappa shape index (κ1) is 11.2. The van der Waals surface area contributed by atoms with E-state index < -0.39 is 0 Å². The van der Waals surface area contributed by atoms with Crippen molar-refractivity contribution in [2.45, 2.75) is 39.5 Å². The van der Waals surface area contributed by atoms with Crippen molar-refractivity contribution < 1.29 is 8.78 Å². The maximum Gasteiger partial charge on any atom is 0.126 e. The number of halogens is 2. The molecule has 0 N–H and O–H groups in total. The molecule has 0 unspecified atom stereocenters. The predicted molar refractivity (Wildman–Crippen MR) is 54.3 cm³/mol. The van der Waals surface area contributed by atoms with Gasteiger partial charge in [-0.2, -0.15) is 0 Å². The van der Waals surface area contributed by atoms with E-state index in [1.54, 1.807) is 0 Å². The quantitative estimate of drug-likeness (QED) is 0.689. The van der Waals surface area contributed by atoms with Crippen molar-refractivity contribution in [1.29, 1.82) is 0 Å². The average Bonchev–Trinajstić information content (AvgIpc) is 2.14. The average molecular weight is 198 g/mol. The highest BCUT2D eigenvalue weighted by Gasteiger charge is 2.08. The van der Waals surface area contributed by atoms with E-state index in [9.17, 15) is 8.78 Å². The lowest BCUT2D eigenvalue weighted by Gasteiger charge is -2.06. The zero-order valence-corrected chi connectivity index (χ0v) is 8.74. The van der Waals surface area contributed by atoms with E-state index in [0.29, 0.717) is 24.0 Å². The molecule has 78 valence electrons. The minimum absolute atomic E-state index is 0.267. The van der Waals surface area contributed by atoms with Crippen molar-refractivity contribution in [3.8, 4) is 0 Å². The van der Waals surface area contributed by atoms with Gasteiger partial charge in [0, 0.05) is 0 Å². The Labute approximate surface area is 84.0 Å². The molecule has 0 nitrogen and oxygen atoms in total. The molecule has 0 aromatic heterocycles. The summed E-state index contributed by atoms with van der Waals surface area (Å²) in [5.74, 6) is -0.534. The summed E-state index contributed by atoms with van der Waals surface area (Å²) in [6.07, 6.45) is 2.89. The van der Waals surface area contributed by atoms with Crippen LogP contribution in [0.25, 0.3) is 0 Å². The molecule has 1 aromatic rings. The molecule has 0 atom stereocenters. The molecule has 0 saturated heterocycles. The first-order chi connectivity index (χ1) is 6.69. The Hall–Kier alpha value is -0.920. The summed E-state index contributed by atoms with van der Waals surface area (Å²) >= 11 is 0. The molecule has 0 fully saturated rings. The molecule has 0 aliphatic rings. The molecule has 0 amide bonds. The third-order valence-corrected chi connectivity index (χ3v) is 2.25. The summed E-state index contributed by atoms with van der Waals surface area (Å²) in [5.41, 5.74) is 0.981. The lowest BCUT2D eigenvalue weighted by molar-refractivity contribution is 0.569. The molecule has 1 rings (SSSR count). The van der Waals surface area contributed by atoms with Crippen LogP contribution >= 0.6 is 0 Å². The molecule has 0 radical (unpaired) electrons. The molecule has 0 saturated carbocycles. The Morgan fingerprint density at radius 1 is 0.857 bits per heavy atom. The Morgan fingerprint density at radius 3 is 1.50 bits per heavy atom. The Balaban J connectivity index is 2.97. The van der Waals surface area contributed by atoms with Gasteiger partial charge in [0.2, 0.25) is 0 Å². The molecule has 2 heteroatoms. The highest BCUT2D eigenvalue weighted by Crippen LogP contribution is 2.17. The second kappa shape index (κ2) is 5.08. The van der Waals surface area contributed by atoms with Gasteiger partial charge in [0.05, 0.1) is 0 Å². The molecule has 0 spiro atoms. The second-order valence-corrected chi connectivity index (χ2v) is 3.54. The van der Waals surface area contributed by atoms with Gasteiger partial charge in [-0.3, -0.25) is 0 Å². The molecule has 0 aliphatic heterocycles. The van der Waals surface area contributed by atoms with E-state index in [4.69, 9.17) is 0 Å². The minimum atomic E-state index is -0.267.